The van der Waals surface area contributed by atoms with Crippen LogP contribution in [0.3, 0.4) is 0 Å². The smallest absolute Gasteiger partial charge is 0.168 e. The third-order valence-electron chi connectivity index (χ3n) is 6.00. The zero-order chi connectivity index (χ0) is 21.8. The summed E-state index contributed by atoms with van der Waals surface area (Å²) in [6.07, 6.45) is 0.958. The lowest BCUT2D eigenvalue weighted by Gasteiger charge is -2.40. The molecule has 1 fully saturated rings. The van der Waals surface area contributed by atoms with Gasteiger partial charge in [0.1, 0.15) is 5.75 Å². The van der Waals surface area contributed by atoms with Crippen LogP contribution >= 0.6 is 11.6 Å². The average Bonchev–Trinajstić information content (AvgIpc) is 3.25. The second kappa shape index (κ2) is 9.66. The van der Waals surface area contributed by atoms with Gasteiger partial charge in [0.25, 0.3) is 0 Å². The molecule has 0 bridgehead atoms. The second-order valence-electron chi connectivity index (χ2n) is 7.92. The number of halogens is 1. The molecular formula is C23H29ClN6O. The molecule has 0 saturated carbocycles. The van der Waals surface area contributed by atoms with Crippen LogP contribution in [0.15, 0.2) is 42.5 Å². The fourth-order valence-corrected chi connectivity index (χ4v) is 4.43. The van der Waals surface area contributed by atoms with Crippen molar-refractivity contribution in [3.63, 3.8) is 0 Å². The summed E-state index contributed by atoms with van der Waals surface area (Å²) in [6, 6.07) is 14.3. The third-order valence-corrected chi connectivity index (χ3v) is 6.24. The summed E-state index contributed by atoms with van der Waals surface area (Å²) in [7, 11) is 1.67. The summed E-state index contributed by atoms with van der Waals surface area (Å²) in [5.74, 6) is 1.77. The Morgan fingerprint density at radius 3 is 2.48 bits per heavy atom. The first kappa shape index (κ1) is 21.6. The van der Waals surface area contributed by atoms with Crippen LogP contribution in [0, 0.1) is 6.92 Å². The maximum Gasteiger partial charge on any atom is 0.168 e. The highest BCUT2D eigenvalue weighted by molar-refractivity contribution is 6.30. The predicted octanol–water partition coefficient (Wildman–Crippen LogP) is 3.97. The number of piperazine rings is 1. The minimum Gasteiger partial charge on any atom is -0.497 e. The Bertz CT molecular complexity index is 998. The fraction of sp³-hybridized carbons (Fsp3) is 0.435. The number of benzene rings is 2. The molecule has 1 atom stereocenters. The average molecular weight is 441 g/mol. The summed E-state index contributed by atoms with van der Waals surface area (Å²) < 4.78 is 7.17. The van der Waals surface area contributed by atoms with E-state index < -0.39 is 0 Å². The topological polar surface area (TPSA) is 59.3 Å². The SMILES string of the molecule is CCC(c1nnnn1Cc1ccc(OC)cc1)N1CCN(c2cc(Cl)ccc2C)CC1. The van der Waals surface area contributed by atoms with Crippen LogP contribution in [0.2, 0.25) is 5.02 Å². The van der Waals surface area contributed by atoms with Crippen LogP contribution in [0.5, 0.6) is 5.75 Å². The van der Waals surface area contributed by atoms with E-state index in [4.69, 9.17) is 16.3 Å². The Balaban J connectivity index is 1.45. The monoisotopic (exact) mass is 440 g/mol. The molecule has 0 N–H and O–H groups in total. The van der Waals surface area contributed by atoms with Crippen LogP contribution in [0.1, 0.15) is 36.3 Å². The van der Waals surface area contributed by atoms with E-state index in [9.17, 15) is 0 Å². The lowest BCUT2D eigenvalue weighted by atomic mass is 10.1. The van der Waals surface area contributed by atoms with Gasteiger partial charge in [-0.05, 0) is 59.2 Å². The minimum absolute atomic E-state index is 0.191. The molecule has 0 radical (unpaired) electrons. The number of aryl methyl sites for hydroxylation is 1. The Labute approximate surface area is 188 Å². The molecule has 31 heavy (non-hydrogen) atoms. The van der Waals surface area contributed by atoms with Gasteiger partial charge in [0.15, 0.2) is 5.82 Å². The molecule has 1 aromatic heterocycles. The van der Waals surface area contributed by atoms with Gasteiger partial charge in [-0.3, -0.25) is 4.90 Å². The van der Waals surface area contributed by atoms with Crippen LogP contribution < -0.4 is 9.64 Å². The molecule has 2 aromatic carbocycles. The lowest BCUT2D eigenvalue weighted by Crippen LogP contribution is -2.48. The van der Waals surface area contributed by atoms with Gasteiger partial charge in [-0.2, -0.15) is 0 Å². The third kappa shape index (κ3) is 4.83. The first-order chi connectivity index (χ1) is 15.1. The van der Waals surface area contributed by atoms with Crippen molar-refractivity contribution in [2.75, 3.05) is 38.2 Å². The zero-order valence-electron chi connectivity index (χ0n) is 18.3. The van der Waals surface area contributed by atoms with Gasteiger partial charge >= 0.3 is 0 Å². The molecule has 0 spiro atoms. The van der Waals surface area contributed by atoms with Gasteiger partial charge in [-0.15, -0.1) is 5.10 Å². The van der Waals surface area contributed by atoms with Crippen molar-refractivity contribution in [1.29, 1.82) is 0 Å². The molecule has 1 aliphatic heterocycles. The molecule has 0 amide bonds. The summed E-state index contributed by atoms with van der Waals surface area (Å²) in [5.41, 5.74) is 3.63. The maximum absolute atomic E-state index is 6.24. The van der Waals surface area contributed by atoms with Gasteiger partial charge in [-0.1, -0.05) is 36.7 Å². The maximum atomic E-state index is 6.24. The molecule has 0 aliphatic carbocycles. The molecule has 3 aromatic rings. The van der Waals surface area contributed by atoms with E-state index in [0.29, 0.717) is 6.54 Å². The largest absolute Gasteiger partial charge is 0.497 e. The van der Waals surface area contributed by atoms with Crippen molar-refractivity contribution in [2.24, 2.45) is 0 Å². The van der Waals surface area contributed by atoms with Crippen molar-refractivity contribution < 1.29 is 4.74 Å². The van der Waals surface area contributed by atoms with Crippen molar-refractivity contribution in [2.45, 2.75) is 32.9 Å². The van der Waals surface area contributed by atoms with Gasteiger partial charge in [0.2, 0.25) is 0 Å². The van der Waals surface area contributed by atoms with Crippen molar-refractivity contribution in [1.82, 2.24) is 25.1 Å². The van der Waals surface area contributed by atoms with E-state index in [1.54, 1.807) is 7.11 Å². The van der Waals surface area contributed by atoms with E-state index >= 15 is 0 Å². The highest BCUT2D eigenvalue weighted by Gasteiger charge is 2.28. The number of methoxy groups -OCH3 is 1. The lowest BCUT2D eigenvalue weighted by molar-refractivity contribution is 0.169. The molecule has 8 heteroatoms. The summed E-state index contributed by atoms with van der Waals surface area (Å²) in [5, 5.41) is 13.4. The number of tetrazole rings is 1. The standard InChI is InChI=1S/C23H29ClN6O/c1-4-21(23-25-26-27-30(23)16-18-6-9-20(31-3)10-7-18)28-11-13-29(14-12-28)22-15-19(24)8-5-17(22)2/h5-10,15,21H,4,11-14,16H2,1-3H3. The van der Waals surface area contributed by atoms with Crippen molar-refractivity contribution in [3.05, 3.63) is 64.4 Å². The Hall–Kier alpha value is -2.64. The van der Waals surface area contributed by atoms with Crippen LogP contribution in [-0.4, -0.2) is 58.4 Å². The van der Waals surface area contributed by atoms with E-state index in [2.05, 4.69) is 63.4 Å². The Morgan fingerprint density at radius 2 is 1.81 bits per heavy atom. The van der Waals surface area contributed by atoms with Crippen LogP contribution in [-0.2, 0) is 6.54 Å². The molecular weight excluding hydrogens is 412 g/mol. The van der Waals surface area contributed by atoms with Gasteiger partial charge in [0, 0.05) is 36.9 Å². The molecule has 1 saturated heterocycles. The second-order valence-corrected chi connectivity index (χ2v) is 8.36. The van der Waals surface area contributed by atoms with E-state index in [1.165, 1.54) is 11.3 Å². The number of ether oxygens (including phenoxy) is 1. The Kier molecular flexibility index (Phi) is 6.73. The normalized spacial score (nSPS) is 15.8. The number of hydrogen-bond acceptors (Lipinski definition) is 6. The summed E-state index contributed by atoms with van der Waals surface area (Å²) >= 11 is 6.24. The van der Waals surface area contributed by atoms with E-state index in [-0.39, 0.29) is 6.04 Å². The number of hydrogen-bond donors (Lipinski definition) is 0. The molecule has 1 aliphatic rings. The zero-order valence-corrected chi connectivity index (χ0v) is 19.1. The van der Waals surface area contributed by atoms with E-state index in [1.807, 2.05) is 22.9 Å². The summed E-state index contributed by atoms with van der Waals surface area (Å²) in [4.78, 5) is 4.91. The first-order valence-corrected chi connectivity index (χ1v) is 11.1. The van der Waals surface area contributed by atoms with Crippen molar-refractivity contribution >= 4 is 17.3 Å². The first-order valence-electron chi connectivity index (χ1n) is 10.7. The number of aromatic nitrogens is 4. The summed E-state index contributed by atoms with van der Waals surface area (Å²) in [6.45, 7) is 8.81. The van der Waals surface area contributed by atoms with Gasteiger partial charge in [-0.25, -0.2) is 4.68 Å². The van der Waals surface area contributed by atoms with E-state index in [0.717, 1.165) is 54.8 Å². The highest BCUT2D eigenvalue weighted by atomic mass is 35.5. The molecule has 1 unspecified atom stereocenters. The van der Waals surface area contributed by atoms with Gasteiger partial charge < -0.3 is 9.64 Å². The number of rotatable bonds is 7. The van der Waals surface area contributed by atoms with Gasteiger partial charge in [0.05, 0.1) is 19.7 Å². The van der Waals surface area contributed by atoms with Crippen molar-refractivity contribution in [3.8, 4) is 5.75 Å². The predicted molar refractivity (Wildman–Crippen MR) is 123 cm³/mol. The molecule has 2 heterocycles. The molecule has 164 valence electrons. The minimum atomic E-state index is 0.191. The quantitative estimate of drug-likeness (QED) is 0.554. The van der Waals surface area contributed by atoms with Crippen LogP contribution in [0.4, 0.5) is 5.69 Å². The Morgan fingerprint density at radius 1 is 1.06 bits per heavy atom. The van der Waals surface area contributed by atoms with Crippen LogP contribution in [0.25, 0.3) is 0 Å². The molecule has 7 nitrogen and oxygen atoms in total. The number of anilines is 1. The fourth-order valence-electron chi connectivity index (χ4n) is 4.27. The molecule has 4 rings (SSSR count). The number of nitrogens with zero attached hydrogens (tertiary/aromatic N) is 6. The highest BCUT2D eigenvalue weighted by Crippen LogP contribution is 2.28.